The van der Waals surface area contributed by atoms with Gasteiger partial charge in [0.2, 0.25) is 6.41 Å². The Hall–Kier alpha value is -1.31. The lowest BCUT2D eigenvalue weighted by Gasteiger charge is -2.50. The fourth-order valence-electron chi connectivity index (χ4n) is 6.00. The lowest BCUT2D eigenvalue weighted by molar-refractivity contribution is -0.105. The van der Waals surface area contributed by atoms with Gasteiger partial charge >= 0.3 is 0 Å². The van der Waals surface area contributed by atoms with Gasteiger partial charge in [0.25, 0.3) is 0 Å². The van der Waals surface area contributed by atoms with Crippen LogP contribution in [-0.2, 0) is 11.2 Å². The molecule has 2 fully saturated rings. The molecule has 2 heteroatoms. The van der Waals surface area contributed by atoms with E-state index in [2.05, 4.69) is 37.4 Å². The molecular formula is C20H27NO. The molecule has 5 unspecified atom stereocenters. The monoisotopic (exact) mass is 297 g/mol. The van der Waals surface area contributed by atoms with Gasteiger partial charge in [0, 0.05) is 5.69 Å². The Balaban J connectivity index is 1.66. The molecule has 3 aliphatic rings. The molecule has 3 aliphatic carbocycles. The maximum Gasteiger partial charge on any atom is 0.211 e. The largest absolute Gasteiger partial charge is 0.329 e. The summed E-state index contributed by atoms with van der Waals surface area (Å²) in [7, 11) is 0. The fourth-order valence-corrected chi connectivity index (χ4v) is 6.00. The second kappa shape index (κ2) is 5.11. The van der Waals surface area contributed by atoms with E-state index in [1.54, 1.807) is 5.56 Å². The highest BCUT2D eigenvalue weighted by Gasteiger charge is 2.53. The second-order valence-electron chi connectivity index (χ2n) is 8.11. The maximum atomic E-state index is 10.7. The summed E-state index contributed by atoms with van der Waals surface area (Å²) in [6, 6.07) is 6.57. The molecule has 1 N–H and O–H groups in total. The number of anilines is 1. The summed E-state index contributed by atoms with van der Waals surface area (Å²) in [5, 5.41) is 2.80. The van der Waals surface area contributed by atoms with E-state index in [0.717, 1.165) is 35.8 Å². The Morgan fingerprint density at radius 1 is 1.23 bits per heavy atom. The van der Waals surface area contributed by atoms with Crippen LogP contribution >= 0.6 is 0 Å². The first-order chi connectivity index (χ1) is 10.6. The minimum Gasteiger partial charge on any atom is -0.329 e. The van der Waals surface area contributed by atoms with Crippen LogP contribution in [0.2, 0.25) is 0 Å². The molecular weight excluding hydrogens is 270 g/mol. The van der Waals surface area contributed by atoms with Gasteiger partial charge in [-0.1, -0.05) is 19.9 Å². The zero-order valence-electron chi connectivity index (χ0n) is 13.8. The van der Waals surface area contributed by atoms with Crippen LogP contribution in [0, 0.1) is 23.2 Å². The van der Waals surface area contributed by atoms with Crippen molar-refractivity contribution in [1.29, 1.82) is 0 Å². The SMILES string of the molecule is CC1CCC2C3CCc4cc(NC=O)ccc4C3CCC12C. The lowest BCUT2D eigenvalue weighted by Crippen LogP contribution is -2.41. The molecule has 0 bridgehead atoms. The third-order valence-corrected chi connectivity index (χ3v) is 7.43. The minimum atomic E-state index is 0.595. The number of carbonyl (C=O) groups is 1. The smallest absolute Gasteiger partial charge is 0.211 e. The molecule has 2 saturated carbocycles. The summed E-state index contributed by atoms with van der Waals surface area (Å²) in [5.41, 5.74) is 4.59. The van der Waals surface area contributed by atoms with E-state index in [0.29, 0.717) is 5.41 Å². The zero-order valence-corrected chi connectivity index (χ0v) is 13.8. The predicted octanol–water partition coefficient (Wildman–Crippen LogP) is 4.75. The van der Waals surface area contributed by atoms with Gasteiger partial charge in [0.05, 0.1) is 0 Å². The highest BCUT2D eigenvalue weighted by Crippen LogP contribution is 2.62. The van der Waals surface area contributed by atoms with Crippen molar-refractivity contribution in [3.05, 3.63) is 29.3 Å². The number of nitrogens with one attached hydrogen (secondary N) is 1. The molecule has 1 aromatic carbocycles. The van der Waals surface area contributed by atoms with Crippen LogP contribution in [0.3, 0.4) is 0 Å². The number of amides is 1. The van der Waals surface area contributed by atoms with Gasteiger partial charge in [-0.2, -0.15) is 0 Å². The Bertz CT molecular complexity index is 595. The molecule has 4 rings (SSSR count). The number of aryl methyl sites for hydroxylation is 1. The number of benzene rings is 1. The average molecular weight is 297 g/mol. The zero-order chi connectivity index (χ0) is 15.3. The van der Waals surface area contributed by atoms with Gasteiger partial charge in [-0.15, -0.1) is 0 Å². The van der Waals surface area contributed by atoms with Crippen LogP contribution in [0.25, 0.3) is 0 Å². The van der Waals surface area contributed by atoms with Crippen molar-refractivity contribution in [1.82, 2.24) is 0 Å². The van der Waals surface area contributed by atoms with Crippen LogP contribution in [0.4, 0.5) is 5.69 Å². The van der Waals surface area contributed by atoms with E-state index in [4.69, 9.17) is 0 Å². The van der Waals surface area contributed by atoms with E-state index in [1.807, 2.05) is 0 Å². The molecule has 22 heavy (non-hydrogen) atoms. The fraction of sp³-hybridized carbons (Fsp3) is 0.650. The van der Waals surface area contributed by atoms with Crippen LogP contribution in [0.1, 0.15) is 63.0 Å². The topological polar surface area (TPSA) is 29.1 Å². The van der Waals surface area contributed by atoms with Gasteiger partial charge in [-0.05, 0) is 90.9 Å². The van der Waals surface area contributed by atoms with E-state index < -0.39 is 0 Å². The average Bonchev–Trinajstić information content (AvgIpc) is 2.83. The van der Waals surface area contributed by atoms with Crippen LogP contribution in [-0.4, -0.2) is 6.41 Å². The molecule has 5 atom stereocenters. The third kappa shape index (κ3) is 1.96. The highest BCUT2D eigenvalue weighted by molar-refractivity contribution is 5.71. The van der Waals surface area contributed by atoms with E-state index in [1.165, 1.54) is 44.1 Å². The van der Waals surface area contributed by atoms with Crippen molar-refractivity contribution < 1.29 is 4.79 Å². The van der Waals surface area contributed by atoms with Crippen molar-refractivity contribution >= 4 is 12.1 Å². The maximum absolute atomic E-state index is 10.7. The standard InChI is InChI=1S/C20H27NO/c1-13-3-8-19-18-6-4-14-11-15(21-12-22)5-7-16(14)17(18)9-10-20(13,19)2/h5,7,11-13,17-19H,3-4,6,8-10H2,1-2H3,(H,21,22). The molecule has 0 saturated heterocycles. The van der Waals surface area contributed by atoms with Gasteiger partial charge in [-0.25, -0.2) is 0 Å². The molecule has 0 spiro atoms. The van der Waals surface area contributed by atoms with Gasteiger partial charge in [0.15, 0.2) is 0 Å². The van der Waals surface area contributed by atoms with Crippen LogP contribution < -0.4 is 5.32 Å². The van der Waals surface area contributed by atoms with Gasteiger partial charge in [0.1, 0.15) is 0 Å². The first-order valence-electron chi connectivity index (χ1n) is 8.96. The summed E-state index contributed by atoms with van der Waals surface area (Å²) in [6.45, 7) is 5.05. The van der Waals surface area contributed by atoms with Gasteiger partial charge < -0.3 is 5.32 Å². The summed E-state index contributed by atoms with van der Waals surface area (Å²) in [5.74, 6) is 3.49. The Morgan fingerprint density at radius 3 is 2.91 bits per heavy atom. The van der Waals surface area contributed by atoms with Crippen molar-refractivity contribution in [2.24, 2.45) is 23.2 Å². The molecule has 0 aromatic heterocycles. The molecule has 0 radical (unpaired) electrons. The van der Waals surface area contributed by atoms with Crippen molar-refractivity contribution in [2.45, 2.75) is 58.3 Å². The third-order valence-electron chi connectivity index (χ3n) is 7.43. The van der Waals surface area contributed by atoms with Crippen molar-refractivity contribution in [3.63, 3.8) is 0 Å². The number of fused-ring (bicyclic) bond motifs is 5. The van der Waals surface area contributed by atoms with E-state index >= 15 is 0 Å². The van der Waals surface area contributed by atoms with E-state index in [-0.39, 0.29) is 0 Å². The first-order valence-corrected chi connectivity index (χ1v) is 8.96. The Kier molecular flexibility index (Phi) is 3.32. The quantitative estimate of drug-likeness (QED) is 0.784. The molecule has 0 heterocycles. The number of hydrogen-bond acceptors (Lipinski definition) is 1. The lowest BCUT2D eigenvalue weighted by atomic mass is 9.54. The van der Waals surface area contributed by atoms with Gasteiger partial charge in [-0.3, -0.25) is 4.79 Å². The summed E-state index contributed by atoms with van der Waals surface area (Å²) in [6.07, 6.45) is 8.93. The Labute approximate surface area is 133 Å². The van der Waals surface area contributed by atoms with Crippen LogP contribution in [0.15, 0.2) is 18.2 Å². The molecule has 2 nitrogen and oxygen atoms in total. The van der Waals surface area contributed by atoms with Crippen molar-refractivity contribution in [2.75, 3.05) is 5.32 Å². The number of hydrogen-bond donors (Lipinski definition) is 1. The normalized spacial score (nSPS) is 39.5. The molecule has 1 aromatic rings. The molecule has 118 valence electrons. The van der Waals surface area contributed by atoms with Crippen molar-refractivity contribution in [3.8, 4) is 0 Å². The molecule has 0 aliphatic heterocycles. The first kappa shape index (κ1) is 14.3. The van der Waals surface area contributed by atoms with Crippen LogP contribution in [0.5, 0.6) is 0 Å². The summed E-state index contributed by atoms with van der Waals surface area (Å²) < 4.78 is 0. The summed E-state index contributed by atoms with van der Waals surface area (Å²) >= 11 is 0. The predicted molar refractivity (Wildman–Crippen MR) is 89.9 cm³/mol. The Morgan fingerprint density at radius 2 is 2.09 bits per heavy atom. The second-order valence-corrected chi connectivity index (χ2v) is 8.11. The minimum absolute atomic E-state index is 0.595. The highest BCUT2D eigenvalue weighted by atomic mass is 16.1. The summed E-state index contributed by atoms with van der Waals surface area (Å²) in [4.78, 5) is 10.7. The molecule has 1 amide bonds. The number of carbonyl (C=O) groups excluding carboxylic acids is 1. The van der Waals surface area contributed by atoms with E-state index in [9.17, 15) is 4.79 Å². The number of rotatable bonds is 2.